The smallest absolute Gasteiger partial charge is 0.236 e. The predicted octanol–water partition coefficient (Wildman–Crippen LogP) is 0.910. The Morgan fingerprint density at radius 3 is 2.65 bits per heavy atom. The molecule has 0 spiro atoms. The van der Waals surface area contributed by atoms with E-state index in [4.69, 9.17) is 0 Å². The lowest BCUT2D eigenvalue weighted by Crippen LogP contribution is -2.46. The zero-order valence-electron chi connectivity index (χ0n) is 10.7. The molecule has 4 nitrogen and oxygen atoms in total. The number of nitrogens with zero attached hydrogens (tertiary/aromatic N) is 2. The van der Waals surface area contributed by atoms with E-state index >= 15 is 0 Å². The highest BCUT2D eigenvalue weighted by Gasteiger charge is 2.28. The lowest BCUT2D eigenvalue weighted by molar-refractivity contribution is -0.134. The van der Waals surface area contributed by atoms with Gasteiger partial charge in [-0.2, -0.15) is 0 Å². The van der Waals surface area contributed by atoms with Gasteiger partial charge in [0.1, 0.15) is 5.78 Å². The standard InChI is InChI=1S/C13H22N2O2/c1-2-11-9-14(8-5-12(11)16)10-13(17)15-6-3-4-7-15/h11H,2-10H2,1H3. The number of piperidine rings is 1. The molecule has 96 valence electrons. The van der Waals surface area contributed by atoms with E-state index in [0.29, 0.717) is 18.7 Å². The van der Waals surface area contributed by atoms with Crippen molar-refractivity contribution in [1.29, 1.82) is 0 Å². The fourth-order valence-corrected chi connectivity index (χ4v) is 2.74. The van der Waals surface area contributed by atoms with E-state index in [-0.39, 0.29) is 11.8 Å². The second-order valence-electron chi connectivity index (χ2n) is 5.14. The van der Waals surface area contributed by atoms with E-state index in [1.165, 1.54) is 0 Å². The van der Waals surface area contributed by atoms with Crippen molar-refractivity contribution >= 4 is 11.7 Å². The van der Waals surface area contributed by atoms with Crippen molar-refractivity contribution in [2.24, 2.45) is 5.92 Å². The first-order chi connectivity index (χ1) is 8.20. The number of carbonyl (C=O) groups is 2. The minimum absolute atomic E-state index is 0.148. The highest BCUT2D eigenvalue weighted by Crippen LogP contribution is 2.16. The molecule has 2 saturated heterocycles. The summed E-state index contributed by atoms with van der Waals surface area (Å²) in [6.07, 6.45) is 3.79. The summed E-state index contributed by atoms with van der Waals surface area (Å²) in [7, 11) is 0. The number of hydrogen-bond acceptors (Lipinski definition) is 3. The van der Waals surface area contributed by atoms with E-state index in [1.54, 1.807) is 0 Å². The number of carbonyl (C=O) groups excluding carboxylic acids is 2. The highest BCUT2D eigenvalue weighted by atomic mass is 16.2. The van der Waals surface area contributed by atoms with Crippen LogP contribution in [0.5, 0.6) is 0 Å². The summed E-state index contributed by atoms with van der Waals surface area (Å²) in [5.74, 6) is 0.763. The summed E-state index contributed by atoms with van der Waals surface area (Å²) < 4.78 is 0. The Morgan fingerprint density at radius 2 is 2.00 bits per heavy atom. The molecule has 2 aliphatic heterocycles. The number of likely N-dealkylation sites (tertiary alicyclic amines) is 2. The lowest BCUT2D eigenvalue weighted by atomic mass is 9.94. The second kappa shape index (κ2) is 5.63. The summed E-state index contributed by atoms with van der Waals surface area (Å²) in [6, 6.07) is 0. The van der Waals surface area contributed by atoms with Crippen LogP contribution in [-0.2, 0) is 9.59 Å². The van der Waals surface area contributed by atoms with Gasteiger partial charge in [0.15, 0.2) is 0 Å². The van der Waals surface area contributed by atoms with Crippen molar-refractivity contribution in [2.75, 3.05) is 32.7 Å². The third-order valence-corrected chi connectivity index (χ3v) is 3.92. The summed E-state index contributed by atoms with van der Waals surface area (Å²) >= 11 is 0. The van der Waals surface area contributed by atoms with Crippen LogP contribution in [0.2, 0.25) is 0 Å². The molecule has 0 saturated carbocycles. The molecule has 0 radical (unpaired) electrons. The molecule has 0 N–H and O–H groups in total. The van der Waals surface area contributed by atoms with Crippen LogP contribution < -0.4 is 0 Å². The van der Waals surface area contributed by atoms with Gasteiger partial charge in [-0.3, -0.25) is 14.5 Å². The largest absolute Gasteiger partial charge is 0.342 e. The third kappa shape index (κ3) is 3.06. The van der Waals surface area contributed by atoms with Crippen molar-refractivity contribution in [3.63, 3.8) is 0 Å². The maximum Gasteiger partial charge on any atom is 0.236 e. The van der Waals surface area contributed by atoms with Crippen LogP contribution in [0.1, 0.15) is 32.6 Å². The quantitative estimate of drug-likeness (QED) is 0.734. The zero-order valence-corrected chi connectivity index (χ0v) is 10.7. The van der Waals surface area contributed by atoms with E-state index in [1.807, 2.05) is 11.8 Å². The molecular formula is C13H22N2O2. The molecule has 2 aliphatic rings. The van der Waals surface area contributed by atoms with Gasteiger partial charge in [-0.15, -0.1) is 0 Å². The van der Waals surface area contributed by atoms with Crippen molar-refractivity contribution in [3.8, 4) is 0 Å². The van der Waals surface area contributed by atoms with Gasteiger partial charge in [0.2, 0.25) is 5.91 Å². The fourth-order valence-electron chi connectivity index (χ4n) is 2.74. The van der Waals surface area contributed by atoms with Gasteiger partial charge in [-0.1, -0.05) is 6.92 Å². The Morgan fingerprint density at radius 1 is 1.29 bits per heavy atom. The van der Waals surface area contributed by atoms with Crippen LogP contribution in [-0.4, -0.2) is 54.2 Å². The minimum atomic E-state index is 0.148. The summed E-state index contributed by atoms with van der Waals surface area (Å²) in [4.78, 5) is 27.7. The van der Waals surface area contributed by atoms with Gasteiger partial charge < -0.3 is 4.90 Å². The first-order valence-electron chi connectivity index (χ1n) is 6.73. The van der Waals surface area contributed by atoms with Gasteiger partial charge in [0.25, 0.3) is 0 Å². The normalized spacial score (nSPS) is 26.5. The number of Topliss-reactive ketones (excluding diaryl/α,β-unsaturated/α-hetero) is 1. The minimum Gasteiger partial charge on any atom is -0.342 e. The summed E-state index contributed by atoms with van der Waals surface area (Å²) in [6.45, 7) is 5.92. The molecule has 1 amide bonds. The predicted molar refractivity (Wildman–Crippen MR) is 65.7 cm³/mol. The van der Waals surface area contributed by atoms with Gasteiger partial charge in [-0.05, 0) is 19.3 Å². The Labute approximate surface area is 103 Å². The third-order valence-electron chi connectivity index (χ3n) is 3.92. The van der Waals surface area contributed by atoms with Crippen LogP contribution in [0.25, 0.3) is 0 Å². The maximum absolute atomic E-state index is 12.0. The van der Waals surface area contributed by atoms with Gasteiger partial charge in [-0.25, -0.2) is 0 Å². The SMILES string of the molecule is CCC1CN(CC(=O)N2CCCC2)CCC1=O. The molecule has 1 unspecified atom stereocenters. The maximum atomic E-state index is 12.0. The van der Waals surface area contributed by atoms with E-state index < -0.39 is 0 Å². The van der Waals surface area contributed by atoms with Gasteiger partial charge in [0.05, 0.1) is 6.54 Å². The van der Waals surface area contributed by atoms with Crippen molar-refractivity contribution < 1.29 is 9.59 Å². The van der Waals surface area contributed by atoms with Crippen LogP contribution in [0.4, 0.5) is 0 Å². The fraction of sp³-hybridized carbons (Fsp3) is 0.846. The van der Waals surface area contributed by atoms with E-state index in [0.717, 1.165) is 45.4 Å². The molecule has 0 aromatic rings. The molecule has 17 heavy (non-hydrogen) atoms. The monoisotopic (exact) mass is 238 g/mol. The second-order valence-corrected chi connectivity index (χ2v) is 5.14. The molecule has 0 aromatic heterocycles. The molecule has 2 rings (SSSR count). The Hall–Kier alpha value is -0.900. The molecule has 2 heterocycles. The van der Waals surface area contributed by atoms with E-state index in [9.17, 15) is 9.59 Å². The Balaban J connectivity index is 1.82. The van der Waals surface area contributed by atoms with E-state index in [2.05, 4.69) is 4.90 Å². The van der Waals surface area contributed by atoms with Crippen LogP contribution >= 0.6 is 0 Å². The number of ketones is 1. The highest BCUT2D eigenvalue weighted by molar-refractivity contribution is 5.83. The van der Waals surface area contributed by atoms with Crippen LogP contribution in [0.15, 0.2) is 0 Å². The molecular weight excluding hydrogens is 216 g/mol. The average molecular weight is 238 g/mol. The molecule has 0 aromatic carbocycles. The summed E-state index contributed by atoms with van der Waals surface area (Å²) in [5.41, 5.74) is 0. The number of hydrogen-bond donors (Lipinski definition) is 0. The van der Waals surface area contributed by atoms with Crippen molar-refractivity contribution in [2.45, 2.75) is 32.6 Å². The van der Waals surface area contributed by atoms with Gasteiger partial charge in [0, 0.05) is 38.5 Å². The lowest BCUT2D eigenvalue weighted by Gasteiger charge is -2.31. The Bertz CT molecular complexity index is 298. The topological polar surface area (TPSA) is 40.6 Å². The Kier molecular flexibility index (Phi) is 4.15. The molecule has 2 fully saturated rings. The van der Waals surface area contributed by atoms with Gasteiger partial charge >= 0.3 is 0 Å². The molecule has 0 bridgehead atoms. The first-order valence-corrected chi connectivity index (χ1v) is 6.73. The molecule has 4 heteroatoms. The first kappa shape index (κ1) is 12.6. The van der Waals surface area contributed by atoms with Crippen molar-refractivity contribution in [3.05, 3.63) is 0 Å². The molecule has 1 atom stereocenters. The van der Waals surface area contributed by atoms with Crippen LogP contribution in [0.3, 0.4) is 0 Å². The number of rotatable bonds is 3. The molecule has 0 aliphatic carbocycles. The van der Waals surface area contributed by atoms with Crippen LogP contribution in [0, 0.1) is 5.92 Å². The summed E-state index contributed by atoms with van der Waals surface area (Å²) in [5, 5.41) is 0. The zero-order chi connectivity index (χ0) is 12.3. The average Bonchev–Trinajstić information content (AvgIpc) is 2.85. The van der Waals surface area contributed by atoms with Crippen molar-refractivity contribution in [1.82, 2.24) is 9.80 Å². The number of amides is 1.